The van der Waals surface area contributed by atoms with Crippen LogP contribution in [0.4, 0.5) is 0 Å². The summed E-state index contributed by atoms with van der Waals surface area (Å²) in [7, 11) is 1.42. The molecule has 0 saturated heterocycles. The van der Waals surface area contributed by atoms with Gasteiger partial charge in [-0.15, -0.1) is 0 Å². The summed E-state index contributed by atoms with van der Waals surface area (Å²) < 4.78 is 4.92. The molecule has 0 bridgehead atoms. The summed E-state index contributed by atoms with van der Waals surface area (Å²) in [5.41, 5.74) is 6.65. The minimum Gasteiger partial charge on any atom is -0.465 e. The molecular formula is C29H40O3. The number of esters is 1. The van der Waals surface area contributed by atoms with E-state index >= 15 is 0 Å². The van der Waals surface area contributed by atoms with Crippen molar-refractivity contribution in [3.63, 3.8) is 0 Å². The molecule has 0 amide bonds. The van der Waals surface area contributed by atoms with Gasteiger partial charge in [0.05, 0.1) is 18.3 Å². The van der Waals surface area contributed by atoms with Crippen molar-refractivity contribution in [3.05, 3.63) is 75.9 Å². The first-order valence-electron chi connectivity index (χ1n) is 11.8. The van der Waals surface area contributed by atoms with Gasteiger partial charge >= 0.3 is 5.97 Å². The topological polar surface area (TPSA) is 46.5 Å². The molecule has 2 aromatic carbocycles. The third-order valence-corrected chi connectivity index (χ3v) is 7.30. The van der Waals surface area contributed by atoms with Crippen LogP contribution in [0.25, 0.3) is 5.57 Å². The largest absolute Gasteiger partial charge is 0.465 e. The Hall–Kier alpha value is -2.39. The second-order valence-electron chi connectivity index (χ2n) is 8.98. The molecular weight excluding hydrogens is 396 g/mol. The van der Waals surface area contributed by atoms with Crippen LogP contribution in [0.5, 0.6) is 0 Å². The van der Waals surface area contributed by atoms with E-state index in [1.807, 2.05) is 32.9 Å². The smallest absolute Gasteiger partial charge is 0.338 e. The second kappa shape index (κ2) is 10.5. The van der Waals surface area contributed by atoms with Gasteiger partial charge in [-0.05, 0) is 92.0 Å². The molecule has 0 heterocycles. The number of carbonyl (C=O) groups excluding carboxylic acids is 1. The molecule has 0 unspecified atom stereocenters. The third kappa shape index (κ3) is 4.99. The summed E-state index contributed by atoms with van der Waals surface area (Å²) in [4.78, 5) is 12.0. The average Bonchev–Trinajstić information content (AvgIpc) is 2.79. The first-order valence-corrected chi connectivity index (χ1v) is 11.8. The number of hydrogen-bond donors (Lipinski definition) is 1. The van der Waals surface area contributed by atoms with E-state index in [0.29, 0.717) is 18.4 Å². The van der Waals surface area contributed by atoms with E-state index in [9.17, 15) is 9.90 Å². The van der Waals surface area contributed by atoms with Crippen LogP contribution in [0.3, 0.4) is 0 Å². The fraction of sp³-hybridized carbons (Fsp3) is 0.483. The summed E-state index contributed by atoms with van der Waals surface area (Å²) in [6, 6.07) is 12.8. The Balaban J connectivity index is 2.56. The molecule has 2 rings (SSSR count). The van der Waals surface area contributed by atoms with E-state index in [0.717, 1.165) is 24.0 Å². The molecule has 32 heavy (non-hydrogen) atoms. The molecule has 0 aliphatic carbocycles. The fourth-order valence-electron chi connectivity index (χ4n) is 4.87. The average molecular weight is 437 g/mol. The van der Waals surface area contributed by atoms with Crippen molar-refractivity contribution in [2.75, 3.05) is 7.11 Å². The van der Waals surface area contributed by atoms with Crippen LogP contribution in [0.1, 0.15) is 98.5 Å². The van der Waals surface area contributed by atoms with Gasteiger partial charge in [-0.1, -0.05) is 58.0 Å². The summed E-state index contributed by atoms with van der Waals surface area (Å²) in [5.74, 6) is -0.297. The zero-order valence-corrected chi connectivity index (χ0v) is 21.1. The van der Waals surface area contributed by atoms with E-state index in [4.69, 9.17) is 4.74 Å². The monoisotopic (exact) mass is 436 g/mol. The Morgan fingerprint density at radius 1 is 0.875 bits per heavy atom. The maximum atomic E-state index is 12.0. The molecule has 3 nitrogen and oxygen atoms in total. The van der Waals surface area contributed by atoms with Crippen LogP contribution in [0.15, 0.2) is 42.5 Å². The number of allylic oxidation sites excluding steroid dienone is 1. The Morgan fingerprint density at radius 3 is 1.72 bits per heavy atom. The van der Waals surface area contributed by atoms with Gasteiger partial charge < -0.3 is 9.84 Å². The minimum absolute atomic E-state index is 0.131. The number of aliphatic hydroxyl groups is 1. The highest BCUT2D eigenvalue weighted by Gasteiger charge is 2.32. The summed E-state index contributed by atoms with van der Waals surface area (Å²) in [6.07, 6.45) is 5.33. The lowest BCUT2D eigenvalue weighted by molar-refractivity contribution is 0.0599. The SMILES string of the molecule is CCC(O)(/C=C(\C)c1ccc(C(CC)(CC)c2ccc(C(=O)OC)c(C)c2)cc1C)CC. The molecule has 174 valence electrons. The number of hydrogen-bond acceptors (Lipinski definition) is 3. The standard InChI is InChI=1S/C29H40O3/c1-9-28(31,10-2)19-22(7)25-15-13-23(17-20(25)5)29(11-3,12-4)24-14-16-26(21(6)18-24)27(30)32-8/h13-19,31H,9-12H2,1-8H3/b22-19+. The molecule has 0 aromatic heterocycles. The Bertz CT molecular complexity index is 976. The van der Waals surface area contributed by atoms with Gasteiger partial charge in [0.15, 0.2) is 0 Å². The van der Waals surface area contributed by atoms with Crippen LogP contribution in [0, 0.1) is 13.8 Å². The predicted molar refractivity (Wildman–Crippen MR) is 134 cm³/mol. The van der Waals surface area contributed by atoms with Crippen molar-refractivity contribution in [1.82, 2.24) is 0 Å². The number of methoxy groups -OCH3 is 1. The third-order valence-electron chi connectivity index (χ3n) is 7.30. The summed E-state index contributed by atoms with van der Waals surface area (Å²) in [5, 5.41) is 10.8. The van der Waals surface area contributed by atoms with Crippen molar-refractivity contribution in [2.24, 2.45) is 0 Å². The maximum Gasteiger partial charge on any atom is 0.338 e. The van der Waals surface area contributed by atoms with Crippen LogP contribution in [-0.4, -0.2) is 23.8 Å². The van der Waals surface area contributed by atoms with Gasteiger partial charge in [0, 0.05) is 5.41 Å². The van der Waals surface area contributed by atoms with Gasteiger partial charge in [-0.25, -0.2) is 4.79 Å². The molecule has 0 atom stereocenters. The van der Waals surface area contributed by atoms with Crippen LogP contribution >= 0.6 is 0 Å². The van der Waals surface area contributed by atoms with Gasteiger partial charge in [-0.3, -0.25) is 0 Å². The lowest BCUT2D eigenvalue weighted by Gasteiger charge is -2.34. The first kappa shape index (κ1) is 25.9. The summed E-state index contributed by atoms with van der Waals surface area (Å²) in [6.45, 7) is 14.7. The molecule has 2 aromatic rings. The van der Waals surface area contributed by atoms with E-state index in [1.54, 1.807) is 0 Å². The van der Waals surface area contributed by atoms with Crippen molar-refractivity contribution in [2.45, 2.75) is 85.2 Å². The molecule has 0 spiro atoms. The van der Waals surface area contributed by atoms with E-state index in [1.165, 1.54) is 29.4 Å². The Labute approximate surface area is 194 Å². The van der Waals surface area contributed by atoms with Crippen LogP contribution in [-0.2, 0) is 10.2 Å². The lowest BCUT2D eigenvalue weighted by atomic mass is 9.69. The molecule has 0 fully saturated rings. The highest BCUT2D eigenvalue weighted by Crippen LogP contribution is 2.41. The van der Waals surface area contributed by atoms with Gasteiger partial charge in [0.1, 0.15) is 0 Å². The van der Waals surface area contributed by atoms with E-state index < -0.39 is 5.60 Å². The fourth-order valence-corrected chi connectivity index (χ4v) is 4.87. The molecule has 0 aliphatic rings. The van der Waals surface area contributed by atoms with E-state index in [2.05, 4.69) is 58.0 Å². The number of aryl methyl sites for hydroxylation is 2. The molecule has 0 aliphatic heterocycles. The zero-order chi connectivity index (χ0) is 24.1. The quantitative estimate of drug-likeness (QED) is 0.425. The Morgan fingerprint density at radius 2 is 1.34 bits per heavy atom. The van der Waals surface area contributed by atoms with Gasteiger partial charge in [0.25, 0.3) is 0 Å². The van der Waals surface area contributed by atoms with Crippen molar-refractivity contribution in [3.8, 4) is 0 Å². The van der Waals surface area contributed by atoms with Gasteiger partial charge in [0.2, 0.25) is 0 Å². The number of ether oxygens (including phenoxy) is 1. The van der Waals surface area contributed by atoms with Crippen LogP contribution < -0.4 is 0 Å². The van der Waals surface area contributed by atoms with Crippen molar-refractivity contribution >= 4 is 11.5 Å². The molecule has 3 heteroatoms. The first-order chi connectivity index (χ1) is 15.1. The maximum absolute atomic E-state index is 12.0. The second-order valence-corrected chi connectivity index (χ2v) is 8.98. The van der Waals surface area contributed by atoms with Crippen molar-refractivity contribution < 1.29 is 14.6 Å². The van der Waals surface area contributed by atoms with Gasteiger partial charge in [-0.2, -0.15) is 0 Å². The zero-order valence-electron chi connectivity index (χ0n) is 21.1. The molecule has 1 N–H and O–H groups in total. The number of benzene rings is 2. The molecule has 0 saturated carbocycles. The highest BCUT2D eigenvalue weighted by molar-refractivity contribution is 5.91. The van der Waals surface area contributed by atoms with E-state index in [-0.39, 0.29) is 11.4 Å². The molecule has 0 radical (unpaired) electrons. The lowest BCUT2D eigenvalue weighted by Crippen LogP contribution is -2.27. The Kier molecular flexibility index (Phi) is 8.47. The predicted octanol–water partition coefficient (Wildman–Crippen LogP) is 7.15. The van der Waals surface area contributed by atoms with Crippen molar-refractivity contribution in [1.29, 1.82) is 0 Å². The number of carbonyl (C=O) groups is 1. The highest BCUT2D eigenvalue weighted by atomic mass is 16.5. The summed E-state index contributed by atoms with van der Waals surface area (Å²) >= 11 is 0. The number of rotatable bonds is 9. The normalized spacial score (nSPS) is 12.7. The minimum atomic E-state index is -0.759. The van der Waals surface area contributed by atoms with Crippen LogP contribution in [0.2, 0.25) is 0 Å².